The van der Waals surface area contributed by atoms with Gasteiger partial charge in [0.2, 0.25) is 11.8 Å². The molecule has 8 heteroatoms. The summed E-state index contributed by atoms with van der Waals surface area (Å²) in [4.78, 5) is 34.0. The fourth-order valence-corrected chi connectivity index (χ4v) is 4.99. The van der Waals surface area contributed by atoms with E-state index in [0.717, 1.165) is 63.9 Å². The van der Waals surface area contributed by atoms with Crippen LogP contribution in [0.2, 0.25) is 0 Å². The fraction of sp³-hybridized carbons (Fsp3) is 0.577. The average molecular weight is 468 g/mol. The molecule has 1 aromatic carbocycles. The van der Waals surface area contributed by atoms with Crippen LogP contribution in [0.25, 0.3) is 0 Å². The van der Waals surface area contributed by atoms with E-state index in [1.807, 2.05) is 29.9 Å². The van der Waals surface area contributed by atoms with Gasteiger partial charge in [0.1, 0.15) is 12.4 Å². The van der Waals surface area contributed by atoms with E-state index in [4.69, 9.17) is 4.74 Å². The molecule has 1 N–H and O–H groups in total. The Labute approximate surface area is 202 Å². The molecule has 1 spiro atoms. The maximum atomic E-state index is 13.2. The van der Waals surface area contributed by atoms with Crippen molar-refractivity contribution in [2.75, 3.05) is 46.4 Å². The first kappa shape index (κ1) is 24.3. The molecule has 0 atom stereocenters. The van der Waals surface area contributed by atoms with Crippen molar-refractivity contribution >= 4 is 11.8 Å². The predicted molar refractivity (Wildman–Crippen MR) is 130 cm³/mol. The summed E-state index contributed by atoms with van der Waals surface area (Å²) < 4.78 is 7.91. The summed E-state index contributed by atoms with van der Waals surface area (Å²) in [7, 11) is 1.85. The van der Waals surface area contributed by atoms with E-state index in [2.05, 4.69) is 27.3 Å². The quantitative estimate of drug-likeness (QED) is 0.730. The summed E-state index contributed by atoms with van der Waals surface area (Å²) in [6.45, 7) is 4.33. The maximum Gasteiger partial charge on any atom is 0.236 e. The molecule has 4 rings (SSSR count). The van der Waals surface area contributed by atoms with Gasteiger partial charge in [0.15, 0.2) is 0 Å². The number of aromatic nitrogens is 2. The number of hydrogen-bond acceptors (Lipinski definition) is 5. The van der Waals surface area contributed by atoms with Crippen molar-refractivity contribution in [1.29, 1.82) is 0 Å². The van der Waals surface area contributed by atoms with Crippen molar-refractivity contribution in [2.24, 2.45) is 5.41 Å². The van der Waals surface area contributed by atoms with Crippen LogP contribution >= 0.6 is 0 Å². The number of benzene rings is 1. The minimum absolute atomic E-state index is 0.120. The lowest BCUT2D eigenvalue weighted by molar-refractivity contribution is -0.136. The Morgan fingerprint density at radius 3 is 2.82 bits per heavy atom. The van der Waals surface area contributed by atoms with Crippen molar-refractivity contribution in [1.82, 2.24) is 24.7 Å². The first-order valence-corrected chi connectivity index (χ1v) is 12.5. The number of amides is 2. The summed E-state index contributed by atoms with van der Waals surface area (Å²) in [6.07, 6.45) is 10.9. The van der Waals surface area contributed by atoms with Crippen LogP contribution in [-0.2, 0) is 22.6 Å². The van der Waals surface area contributed by atoms with Crippen LogP contribution in [0, 0.1) is 5.41 Å². The lowest BCUT2D eigenvalue weighted by Gasteiger charge is -2.41. The number of carbonyl (C=O) groups excluding carboxylic acids is 2. The van der Waals surface area contributed by atoms with Gasteiger partial charge >= 0.3 is 0 Å². The SMILES string of the molecule is CN(CCn1ccnc1)C(=O)CN1CCC2(CCCCc3ccccc3OCCNC2=O)CC1. The average Bonchev–Trinajstić information content (AvgIpc) is 3.37. The van der Waals surface area contributed by atoms with Crippen molar-refractivity contribution in [3.8, 4) is 5.75 Å². The Morgan fingerprint density at radius 1 is 1.21 bits per heavy atom. The zero-order valence-electron chi connectivity index (χ0n) is 20.2. The number of piperidine rings is 1. The van der Waals surface area contributed by atoms with Crippen LogP contribution in [0.15, 0.2) is 43.0 Å². The van der Waals surface area contributed by atoms with Crippen LogP contribution in [-0.4, -0.2) is 77.5 Å². The molecule has 2 aromatic rings. The molecule has 1 fully saturated rings. The standard InChI is InChI=1S/C26H37N5O3/c1-29(17-18-31-16-12-27-21-31)24(32)20-30-14-10-26(11-15-30)9-5-4-7-22-6-2-3-8-23(22)34-19-13-28-25(26)33/h2-3,6,8,12,16,21H,4-5,7,9-11,13-15,17-20H2,1H3,(H,28,33). The third-order valence-electron chi connectivity index (χ3n) is 7.30. The third kappa shape index (κ3) is 6.17. The normalized spacial score (nSPS) is 19.3. The molecule has 8 nitrogen and oxygen atoms in total. The first-order valence-electron chi connectivity index (χ1n) is 12.5. The number of ether oxygens (including phenoxy) is 1. The molecule has 1 saturated heterocycles. The summed E-state index contributed by atoms with van der Waals surface area (Å²) in [5.74, 6) is 1.20. The molecular formula is C26H37N5O3. The van der Waals surface area contributed by atoms with Gasteiger partial charge in [-0.05, 0) is 56.8 Å². The number of fused-ring (bicyclic) bond motifs is 1. The van der Waals surface area contributed by atoms with E-state index in [0.29, 0.717) is 26.2 Å². The van der Waals surface area contributed by atoms with Crippen molar-refractivity contribution in [3.63, 3.8) is 0 Å². The van der Waals surface area contributed by atoms with E-state index in [9.17, 15) is 9.59 Å². The smallest absolute Gasteiger partial charge is 0.236 e. The van der Waals surface area contributed by atoms with E-state index >= 15 is 0 Å². The Balaban J connectivity index is 1.28. The summed E-state index contributed by atoms with van der Waals surface area (Å²) in [6, 6.07) is 8.20. The molecule has 2 aliphatic heterocycles. The summed E-state index contributed by atoms with van der Waals surface area (Å²) in [5, 5.41) is 3.13. The minimum atomic E-state index is -0.342. The summed E-state index contributed by atoms with van der Waals surface area (Å²) >= 11 is 0. The second-order valence-electron chi connectivity index (χ2n) is 9.59. The van der Waals surface area contributed by atoms with Crippen LogP contribution in [0.5, 0.6) is 5.75 Å². The van der Waals surface area contributed by atoms with Crippen LogP contribution in [0.4, 0.5) is 0 Å². The van der Waals surface area contributed by atoms with Gasteiger partial charge in [-0.1, -0.05) is 24.6 Å². The Morgan fingerprint density at radius 2 is 2.03 bits per heavy atom. The molecule has 0 unspecified atom stereocenters. The number of para-hydroxylation sites is 1. The predicted octanol–water partition coefficient (Wildman–Crippen LogP) is 2.35. The van der Waals surface area contributed by atoms with Gasteiger partial charge in [-0.15, -0.1) is 0 Å². The number of rotatable bonds is 5. The number of nitrogens with zero attached hydrogens (tertiary/aromatic N) is 4. The molecule has 0 bridgehead atoms. The highest BCUT2D eigenvalue weighted by atomic mass is 16.5. The molecule has 3 heterocycles. The second-order valence-corrected chi connectivity index (χ2v) is 9.59. The van der Waals surface area contributed by atoms with E-state index in [-0.39, 0.29) is 17.2 Å². The number of hydrogen-bond donors (Lipinski definition) is 1. The monoisotopic (exact) mass is 467 g/mol. The van der Waals surface area contributed by atoms with Crippen LogP contribution < -0.4 is 10.1 Å². The van der Waals surface area contributed by atoms with Gasteiger partial charge in [0.05, 0.1) is 24.8 Å². The highest BCUT2D eigenvalue weighted by Gasteiger charge is 2.41. The number of nitrogens with one attached hydrogen (secondary N) is 1. The molecular weight excluding hydrogens is 430 g/mol. The number of likely N-dealkylation sites (tertiary alicyclic amines) is 1. The number of imidazole rings is 1. The van der Waals surface area contributed by atoms with E-state index < -0.39 is 0 Å². The number of carbonyl (C=O) groups is 2. The van der Waals surface area contributed by atoms with Crippen LogP contribution in [0.1, 0.15) is 37.7 Å². The van der Waals surface area contributed by atoms with E-state index in [1.165, 1.54) is 5.56 Å². The molecule has 2 amide bonds. The Bertz CT molecular complexity index is 938. The van der Waals surface area contributed by atoms with Gasteiger partial charge in [-0.3, -0.25) is 14.5 Å². The van der Waals surface area contributed by atoms with Crippen LogP contribution in [0.3, 0.4) is 0 Å². The van der Waals surface area contributed by atoms with E-state index in [1.54, 1.807) is 17.4 Å². The largest absolute Gasteiger partial charge is 0.491 e. The Hall–Kier alpha value is -2.87. The molecule has 1 aromatic heterocycles. The maximum absolute atomic E-state index is 13.2. The highest BCUT2D eigenvalue weighted by molar-refractivity contribution is 5.83. The Kier molecular flexibility index (Phi) is 8.21. The number of likely N-dealkylation sites (N-methyl/N-ethyl adjacent to an activating group) is 1. The minimum Gasteiger partial charge on any atom is -0.491 e. The van der Waals surface area contributed by atoms with Gasteiger partial charge in [0.25, 0.3) is 0 Å². The number of aryl methyl sites for hydroxylation is 1. The molecule has 0 radical (unpaired) electrons. The lowest BCUT2D eigenvalue weighted by atomic mass is 9.73. The van der Waals surface area contributed by atoms with Gasteiger partial charge in [-0.25, -0.2) is 4.98 Å². The fourth-order valence-electron chi connectivity index (χ4n) is 4.99. The third-order valence-corrected chi connectivity index (χ3v) is 7.30. The molecule has 184 valence electrons. The summed E-state index contributed by atoms with van der Waals surface area (Å²) in [5.41, 5.74) is 0.903. The van der Waals surface area contributed by atoms with Gasteiger partial charge < -0.3 is 19.5 Å². The molecule has 34 heavy (non-hydrogen) atoms. The molecule has 2 aliphatic rings. The molecule has 0 saturated carbocycles. The zero-order valence-corrected chi connectivity index (χ0v) is 20.2. The van der Waals surface area contributed by atoms with Gasteiger partial charge in [-0.2, -0.15) is 0 Å². The first-order chi connectivity index (χ1) is 16.6. The van der Waals surface area contributed by atoms with Gasteiger partial charge in [0, 0.05) is 32.5 Å². The van der Waals surface area contributed by atoms with Crippen molar-refractivity contribution in [3.05, 3.63) is 48.5 Å². The molecule has 0 aliphatic carbocycles. The topological polar surface area (TPSA) is 79.7 Å². The zero-order chi connectivity index (χ0) is 23.8. The van der Waals surface area contributed by atoms with Crippen molar-refractivity contribution < 1.29 is 14.3 Å². The lowest BCUT2D eigenvalue weighted by Crippen LogP contribution is -2.51. The van der Waals surface area contributed by atoms with Crippen molar-refractivity contribution in [2.45, 2.75) is 45.1 Å². The second kappa shape index (κ2) is 11.5. The highest BCUT2D eigenvalue weighted by Crippen LogP contribution is 2.37.